The van der Waals surface area contributed by atoms with E-state index in [0.717, 1.165) is 18.7 Å². The molecule has 2 atom stereocenters. The summed E-state index contributed by atoms with van der Waals surface area (Å²) in [7, 11) is 0. The zero-order valence-corrected chi connectivity index (χ0v) is 14.1. The molecule has 2 N–H and O–H groups in total. The zero-order valence-electron chi connectivity index (χ0n) is 13.3. The highest BCUT2D eigenvalue weighted by atomic mass is 32.2. The average molecular weight is 348 g/mol. The van der Waals surface area contributed by atoms with Gasteiger partial charge >= 0.3 is 0 Å². The molecule has 1 aromatic rings. The Morgan fingerprint density at radius 2 is 2.13 bits per heavy atom. The highest BCUT2D eigenvalue weighted by Gasteiger charge is 2.45. The Balaban J connectivity index is 2.25. The van der Waals surface area contributed by atoms with E-state index >= 15 is 0 Å². The lowest BCUT2D eigenvalue weighted by Crippen LogP contribution is -2.47. The maximum Gasteiger partial charge on any atom is 0.254 e. The fraction of sp³-hybridized carbons (Fsp3) is 0.562. The van der Waals surface area contributed by atoms with Gasteiger partial charge in [-0.3, -0.25) is 0 Å². The highest BCUT2D eigenvalue weighted by Crippen LogP contribution is 2.42. The van der Waals surface area contributed by atoms with Crippen LogP contribution in [0.4, 0.5) is 23.2 Å². The van der Waals surface area contributed by atoms with Gasteiger partial charge in [-0.25, -0.2) is 22.6 Å². The van der Waals surface area contributed by atoms with E-state index in [1.807, 2.05) is 0 Å². The van der Waals surface area contributed by atoms with Crippen molar-refractivity contribution in [3.63, 3.8) is 0 Å². The van der Waals surface area contributed by atoms with Crippen molar-refractivity contribution >= 4 is 23.3 Å². The van der Waals surface area contributed by atoms with Crippen LogP contribution in [0, 0.1) is 18.7 Å². The van der Waals surface area contributed by atoms with Crippen LogP contribution >= 0.6 is 11.8 Å². The van der Waals surface area contributed by atoms with Gasteiger partial charge in [0.25, 0.3) is 5.92 Å². The van der Waals surface area contributed by atoms with E-state index in [1.165, 1.54) is 19.1 Å². The quantitative estimate of drug-likeness (QED) is 0.352. The summed E-state index contributed by atoms with van der Waals surface area (Å²) < 4.78 is 54.0. The summed E-state index contributed by atoms with van der Waals surface area (Å²) in [4.78, 5) is 4.51. The summed E-state index contributed by atoms with van der Waals surface area (Å²) in [6.45, 7) is 3.91. The molecule has 2 nitrogen and oxygen atoms in total. The van der Waals surface area contributed by atoms with Crippen LogP contribution in [0.2, 0.25) is 0 Å². The van der Waals surface area contributed by atoms with Crippen LogP contribution in [0.15, 0.2) is 22.0 Å². The van der Waals surface area contributed by atoms with Crippen LogP contribution in [0.25, 0.3) is 0 Å². The molecular formula is C16H20F4N2S. The van der Waals surface area contributed by atoms with Crippen LogP contribution in [0.5, 0.6) is 0 Å². The second-order valence-electron chi connectivity index (χ2n) is 6.33. The van der Waals surface area contributed by atoms with E-state index in [4.69, 9.17) is 5.73 Å². The van der Waals surface area contributed by atoms with Gasteiger partial charge in [0.1, 0.15) is 23.0 Å². The first-order valence-corrected chi connectivity index (χ1v) is 8.32. The number of rotatable bonds is 5. The van der Waals surface area contributed by atoms with Gasteiger partial charge in [-0.2, -0.15) is 0 Å². The minimum Gasteiger partial charge on any atom is -0.387 e. The molecule has 0 aliphatic heterocycles. The number of hydrogen-bond donors (Lipinski definition) is 1. The van der Waals surface area contributed by atoms with Crippen LogP contribution in [-0.2, 0) is 0 Å². The van der Waals surface area contributed by atoms with E-state index in [0.29, 0.717) is 23.3 Å². The molecule has 0 radical (unpaired) electrons. The number of amidine groups is 1. The van der Waals surface area contributed by atoms with E-state index in [2.05, 4.69) is 4.99 Å². The molecule has 23 heavy (non-hydrogen) atoms. The molecule has 0 spiro atoms. The van der Waals surface area contributed by atoms with Crippen LogP contribution in [0.3, 0.4) is 0 Å². The Labute approximate surface area is 137 Å². The number of aryl methyl sites for hydroxylation is 1. The first kappa shape index (κ1) is 18.1. The van der Waals surface area contributed by atoms with Gasteiger partial charge in [-0.05, 0) is 44.4 Å². The summed E-state index contributed by atoms with van der Waals surface area (Å²) >= 11 is 0.931. The number of halogens is 4. The smallest absolute Gasteiger partial charge is 0.254 e. The lowest BCUT2D eigenvalue weighted by Gasteiger charge is -2.39. The Morgan fingerprint density at radius 1 is 1.48 bits per heavy atom. The summed E-state index contributed by atoms with van der Waals surface area (Å²) in [6, 6.07) is 2.62. The molecule has 1 saturated carbocycles. The predicted molar refractivity (Wildman–Crippen MR) is 86.0 cm³/mol. The number of aliphatic imine (C=N–C) groups is 1. The SMILES string of the molecule is Cc1cc(F)c(N=C(N)C2CCC2(C)F)cc1SCC(C)(F)F. The van der Waals surface area contributed by atoms with Crippen molar-refractivity contribution in [1.29, 1.82) is 0 Å². The maximum absolute atomic E-state index is 14.0. The minimum atomic E-state index is -2.82. The van der Waals surface area contributed by atoms with E-state index in [9.17, 15) is 17.6 Å². The molecule has 1 aliphatic rings. The number of nitrogens with two attached hydrogens (primary N) is 1. The molecule has 7 heteroatoms. The number of thioether (sulfide) groups is 1. The van der Waals surface area contributed by atoms with Crippen molar-refractivity contribution in [1.82, 2.24) is 0 Å². The topological polar surface area (TPSA) is 38.4 Å². The van der Waals surface area contributed by atoms with Gasteiger partial charge < -0.3 is 5.73 Å². The molecule has 0 heterocycles. The summed E-state index contributed by atoms with van der Waals surface area (Å²) in [6.07, 6.45) is 0.969. The van der Waals surface area contributed by atoms with Gasteiger partial charge in [0, 0.05) is 11.8 Å². The molecule has 0 aromatic heterocycles. The average Bonchev–Trinajstić information content (AvgIpc) is 2.38. The molecule has 0 amide bonds. The van der Waals surface area contributed by atoms with Crippen molar-refractivity contribution in [2.45, 2.75) is 50.1 Å². The fourth-order valence-corrected chi connectivity index (χ4v) is 3.34. The van der Waals surface area contributed by atoms with Gasteiger partial charge in [0.15, 0.2) is 0 Å². The van der Waals surface area contributed by atoms with Gasteiger partial charge in [-0.1, -0.05) is 0 Å². The molecule has 1 aromatic carbocycles. The monoisotopic (exact) mass is 348 g/mol. The second kappa shape index (κ2) is 6.34. The van der Waals surface area contributed by atoms with Crippen molar-refractivity contribution in [2.75, 3.05) is 5.75 Å². The third-order valence-corrected chi connectivity index (χ3v) is 5.38. The Bertz CT molecular complexity index is 623. The predicted octanol–water partition coefficient (Wildman–Crippen LogP) is 5.01. The van der Waals surface area contributed by atoms with Crippen molar-refractivity contribution in [3.05, 3.63) is 23.5 Å². The summed E-state index contributed by atoms with van der Waals surface area (Å²) in [5.41, 5.74) is 4.89. The normalized spacial score (nSPS) is 25.3. The van der Waals surface area contributed by atoms with Crippen LogP contribution in [-0.4, -0.2) is 23.2 Å². The van der Waals surface area contributed by atoms with E-state index in [1.54, 1.807) is 6.92 Å². The fourth-order valence-electron chi connectivity index (χ4n) is 2.45. The molecule has 128 valence electrons. The van der Waals surface area contributed by atoms with Crippen LogP contribution < -0.4 is 5.73 Å². The van der Waals surface area contributed by atoms with E-state index < -0.39 is 29.1 Å². The van der Waals surface area contributed by atoms with E-state index in [-0.39, 0.29) is 11.5 Å². The molecular weight excluding hydrogens is 328 g/mol. The molecule has 1 aliphatic carbocycles. The largest absolute Gasteiger partial charge is 0.387 e. The second-order valence-corrected chi connectivity index (χ2v) is 7.35. The van der Waals surface area contributed by atoms with Gasteiger partial charge in [0.05, 0.1) is 11.7 Å². The first-order valence-electron chi connectivity index (χ1n) is 7.33. The molecule has 1 fully saturated rings. The lowest BCUT2D eigenvalue weighted by molar-refractivity contribution is 0.0432. The maximum atomic E-state index is 14.0. The van der Waals surface area contributed by atoms with Gasteiger partial charge in [0.2, 0.25) is 0 Å². The molecule has 2 rings (SSSR count). The molecule has 0 bridgehead atoms. The first-order chi connectivity index (χ1) is 10.5. The number of nitrogens with zero attached hydrogens (tertiary/aromatic N) is 1. The lowest BCUT2D eigenvalue weighted by atomic mass is 9.71. The Morgan fingerprint density at radius 3 is 2.61 bits per heavy atom. The summed E-state index contributed by atoms with van der Waals surface area (Å²) in [5.74, 6) is -4.32. The number of alkyl halides is 3. The number of hydrogen-bond acceptors (Lipinski definition) is 2. The van der Waals surface area contributed by atoms with Gasteiger partial charge in [-0.15, -0.1) is 11.8 Å². The highest BCUT2D eigenvalue weighted by molar-refractivity contribution is 7.99. The zero-order chi connectivity index (χ0) is 17.4. The Kier molecular flexibility index (Phi) is 4.99. The molecule has 2 unspecified atom stereocenters. The standard InChI is InChI=1S/C16H20F4N2S/c1-9-6-11(17)12(7-13(9)23-8-16(3,19)20)22-14(21)10-4-5-15(10,2)18/h6-7,10H,4-5,8H2,1-3H3,(H2,21,22). The van der Waals surface area contributed by atoms with Crippen molar-refractivity contribution in [3.8, 4) is 0 Å². The third kappa shape index (κ3) is 4.40. The van der Waals surface area contributed by atoms with Crippen molar-refractivity contribution < 1.29 is 17.6 Å². The van der Waals surface area contributed by atoms with Crippen LogP contribution in [0.1, 0.15) is 32.3 Å². The minimum absolute atomic E-state index is 0.0424. The summed E-state index contributed by atoms with van der Waals surface area (Å²) in [5, 5.41) is 0. The third-order valence-electron chi connectivity index (χ3n) is 3.98. The number of benzene rings is 1. The van der Waals surface area contributed by atoms with Crippen molar-refractivity contribution in [2.24, 2.45) is 16.6 Å². The molecule has 0 saturated heterocycles. The Hall–Kier alpha value is -1.24.